The van der Waals surface area contributed by atoms with Crippen molar-refractivity contribution in [2.24, 2.45) is 0 Å². The number of para-hydroxylation sites is 1. The molecule has 0 unspecified atom stereocenters. The van der Waals surface area contributed by atoms with Gasteiger partial charge in [0.15, 0.2) is 0 Å². The molecule has 28 heavy (non-hydrogen) atoms. The first kappa shape index (κ1) is 21.4. The lowest BCUT2D eigenvalue weighted by molar-refractivity contribution is -0.145. The Hall–Kier alpha value is -2.90. The molecule has 7 heteroatoms. The van der Waals surface area contributed by atoms with Crippen molar-refractivity contribution in [3.8, 4) is 11.5 Å². The maximum atomic E-state index is 12.1. The molecule has 0 spiro atoms. The largest absolute Gasteiger partial charge is 0.469 e. The summed E-state index contributed by atoms with van der Waals surface area (Å²) in [7, 11) is 1.32. The fourth-order valence-electron chi connectivity index (χ4n) is 2.67. The number of carbonyl (C=O) groups excluding carboxylic acids is 2. The minimum absolute atomic E-state index is 0.133. The van der Waals surface area contributed by atoms with Crippen LogP contribution >= 0.6 is 0 Å². The lowest BCUT2D eigenvalue weighted by atomic mass is 10.00. The van der Waals surface area contributed by atoms with Crippen molar-refractivity contribution in [3.63, 3.8) is 0 Å². The summed E-state index contributed by atoms with van der Waals surface area (Å²) in [6.07, 6.45) is 0.133. The van der Waals surface area contributed by atoms with E-state index >= 15 is 0 Å². The second-order valence-corrected chi connectivity index (χ2v) is 6.81. The lowest BCUT2D eigenvalue weighted by Gasteiger charge is -2.36. The molecule has 2 N–H and O–H groups in total. The van der Waals surface area contributed by atoms with Gasteiger partial charge in [-0.2, -0.15) is 0 Å². The minimum Gasteiger partial charge on any atom is -0.469 e. The molecule has 0 saturated heterocycles. The highest BCUT2D eigenvalue weighted by atomic mass is 16.5. The van der Waals surface area contributed by atoms with Gasteiger partial charge in [0.25, 0.3) is 5.91 Å². The maximum Gasteiger partial charge on any atom is 0.306 e. The summed E-state index contributed by atoms with van der Waals surface area (Å²) in [4.78, 5) is 25.4. The molecule has 0 aliphatic carbocycles. The van der Waals surface area contributed by atoms with E-state index in [1.807, 2.05) is 59.5 Å². The van der Waals surface area contributed by atoms with Crippen LogP contribution in [0.25, 0.3) is 0 Å². The van der Waals surface area contributed by atoms with E-state index < -0.39 is 11.4 Å². The van der Waals surface area contributed by atoms with Crippen LogP contribution in [0.15, 0.2) is 54.6 Å². The average molecular weight is 386 g/mol. The van der Waals surface area contributed by atoms with Crippen LogP contribution < -0.4 is 10.2 Å². The van der Waals surface area contributed by atoms with Crippen LogP contribution in [0, 0.1) is 0 Å². The number of esters is 1. The summed E-state index contributed by atoms with van der Waals surface area (Å²) in [5.41, 5.74) is 1.60. The molecule has 2 aromatic carbocycles. The van der Waals surface area contributed by atoms with Crippen molar-refractivity contribution in [3.05, 3.63) is 60.2 Å². The van der Waals surface area contributed by atoms with Gasteiger partial charge in [-0.15, -0.1) is 0 Å². The molecule has 0 fully saturated rings. The third-order valence-corrected chi connectivity index (χ3v) is 4.54. The van der Waals surface area contributed by atoms with Crippen molar-refractivity contribution in [1.82, 2.24) is 10.4 Å². The highest BCUT2D eigenvalue weighted by Gasteiger charge is 2.34. The van der Waals surface area contributed by atoms with Crippen molar-refractivity contribution in [2.45, 2.75) is 32.4 Å². The molecule has 0 aliphatic rings. The Labute approximate surface area is 164 Å². The summed E-state index contributed by atoms with van der Waals surface area (Å²) in [5, 5.41) is 9.05. The lowest BCUT2D eigenvalue weighted by Crippen LogP contribution is -2.54. The van der Waals surface area contributed by atoms with Crippen molar-refractivity contribution < 1.29 is 24.3 Å². The van der Waals surface area contributed by atoms with Gasteiger partial charge in [0.1, 0.15) is 11.5 Å². The van der Waals surface area contributed by atoms with Gasteiger partial charge in [0, 0.05) is 13.1 Å². The zero-order chi connectivity index (χ0) is 20.6. The number of amides is 1. The van der Waals surface area contributed by atoms with Gasteiger partial charge in [-0.05, 0) is 43.7 Å². The molecule has 1 amide bonds. The van der Waals surface area contributed by atoms with E-state index in [2.05, 4.69) is 0 Å². The first-order valence-electron chi connectivity index (χ1n) is 8.95. The highest BCUT2D eigenvalue weighted by molar-refractivity contribution is 5.84. The van der Waals surface area contributed by atoms with Gasteiger partial charge < -0.3 is 9.47 Å². The van der Waals surface area contributed by atoms with Gasteiger partial charge in [-0.3, -0.25) is 19.7 Å². The summed E-state index contributed by atoms with van der Waals surface area (Å²) < 4.78 is 10.5. The topological polar surface area (TPSA) is 88.1 Å². The minimum atomic E-state index is -1.03. The molecular weight excluding hydrogens is 360 g/mol. The summed E-state index contributed by atoms with van der Waals surface area (Å²) in [6, 6.07) is 17.0. The van der Waals surface area contributed by atoms with Crippen molar-refractivity contribution in [1.29, 1.82) is 0 Å². The number of nitrogens with zero attached hydrogens (tertiary/aromatic N) is 1. The highest BCUT2D eigenvalue weighted by Crippen LogP contribution is 2.23. The molecule has 0 saturated carbocycles. The molecule has 2 rings (SSSR count). The zero-order valence-corrected chi connectivity index (χ0v) is 16.3. The third kappa shape index (κ3) is 5.80. The summed E-state index contributed by atoms with van der Waals surface area (Å²) in [6.45, 7) is 4.07. The SMILES string of the molecule is COC(=O)CCN(Cc1ccc(Oc2ccccc2)cc1)C(C)(C)C(=O)NO. The Morgan fingerprint density at radius 1 is 1.04 bits per heavy atom. The number of nitrogens with one attached hydrogen (secondary N) is 1. The third-order valence-electron chi connectivity index (χ3n) is 4.54. The molecule has 0 radical (unpaired) electrons. The molecule has 0 aromatic heterocycles. The van der Waals surface area contributed by atoms with E-state index in [0.717, 1.165) is 11.3 Å². The van der Waals surface area contributed by atoms with Crippen LogP contribution in [0.2, 0.25) is 0 Å². The standard InChI is InChI=1S/C21H26N2O5/c1-21(2,20(25)22-26)23(14-13-19(24)27-3)15-16-9-11-18(12-10-16)28-17-7-5-4-6-8-17/h4-12,26H,13-15H2,1-3H3,(H,22,25). The monoisotopic (exact) mass is 386 g/mol. The second-order valence-electron chi connectivity index (χ2n) is 6.81. The molecule has 2 aromatic rings. The Kier molecular flexibility index (Phi) is 7.54. The zero-order valence-electron chi connectivity index (χ0n) is 16.3. The maximum absolute atomic E-state index is 12.1. The van der Waals surface area contributed by atoms with Crippen molar-refractivity contribution >= 4 is 11.9 Å². The summed E-state index contributed by atoms with van der Waals surface area (Å²) >= 11 is 0. The van der Waals surface area contributed by atoms with Crippen LogP contribution in [-0.2, 0) is 20.9 Å². The number of methoxy groups -OCH3 is 1. The molecule has 0 bridgehead atoms. The van der Waals surface area contributed by atoms with Crippen LogP contribution in [0.5, 0.6) is 11.5 Å². The van der Waals surface area contributed by atoms with Gasteiger partial charge in [-0.25, -0.2) is 5.48 Å². The molecule has 7 nitrogen and oxygen atoms in total. The van der Waals surface area contributed by atoms with E-state index in [-0.39, 0.29) is 12.4 Å². The fraction of sp³-hybridized carbons (Fsp3) is 0.333. The summed E-state index contributed by atoms with van der Waals surface area (Å²) in [5.74, 6) is 0.525. The Morgan fingerprint density at radius 3 is 2.21 bits per heavy atom. The van der Waals surface area contributed by atoms with Gasteiger partial charge in [0.05, 0.1) is 19.1 Å². The van der Waals surface area contributed by atoms with Crippen molar-refractivity contribution in [2.75, 3.05) is 13.7 Å². The van der Waals surface area contributed by atoms with Crippen LogP contribution in [0.1, 0.15) is 25.8 Å². The molecular formula is C21H26N2O5. The van der Waals surface area contributed by atoms with E-state index in [0.29, 0.717) is 18.8 Å². The second kappa shape index (κ2) is 9.87. The van der Waals surface area contributed by atoms with E-state index in [1.165, 1.54) is 7.11 Å². The van der Waals surface area contributed by atoms with Crippen LogP contribution in [0.4, 0.5) is 0 Å². The quantitative estimate of drug-likeness (QED) is 0.391. The number of hydrogen-bond acceptors (Lipinski definition) is 6. The number of hydrogen-bond donors (Lipinski definition) is 2. The molecule has 0 heterocycles. The van der Waals surface area contributed by atoms with E-state index in [1.54, 1.807) is 19.3 Å². The first-order chi connectivity index (χ1) is 13.4. The normalized spacial score (nSPS) is 11.2. The number of benzene rings is 2. The van der Waals surface area contributed by atoms with Gasteiger partial charge in [0.2, 0.25) is 0 Å². The number of rotatable bonds is 9. The predicted molar refractivity (Wildman–Crippen MR) is 104 cm³/mol. The smallest absolute Gasteiger partial charge is 0.306 e. The number of hydroxylamine groups is 1. The Morgan fingerprint density at radius 2 is 1.64 bits per heavy atom. The Balaban J connectivity index is 2.11. The van der Waals surface area contributed by atoms with Crippen LogP contribution in [-0.4, -0.2) is 41.2 Å². The van der Waals surface area contributed by atoms with Gasteiger partial charge in [-0.1, -0.05) is 30.3 Å². The molecule has 0 aliphatic heterocycles. The van der Waals surface area contributed by atoms with Gasteiger partial charge >= 0.3 is 5.97 Å². The average Bonchev–Trinajstić information content (AvgIpc) is 2.71. The van der Waals surface area contributed by atoms with E-state index in [9.17, 15) is 9.59 Å². The Bertz CT molecular complexity index is 775. The number of carbonyl (C=O) groups is 2. The van der Waals surface area contributed by atoms with E-state index in [4.69, 9.17) is 14.7 Å². The predicted octanol–water partition coefficient (Wildman–Crippen LogP) is 3.13. The molecule has 150 valence electrons. The van der Waals surface area contributed by atoms with Crippen LogP contribution in [0.3, 0.4) is 0 Å². The fourth-order valence-corrected chi connectivity index (χ4v) is 2.67. The molecule has 0 atom stereocenters. The number of ether oxygens (including phenoxy) is 2. The first-order valence-corrected chi connectivity index (χ1v) is 8.95.